The highest BCUT2D eigenvalue weighted by Gasteiger charge is 2.29. The maximum atomic E-state index is 12.9. The third-order valence-corrected chi connectivity index (χ3v) is 10.9. The fourth-order valence-corrected chi connectivity index (χ4v) is 8.27. The molecule has 43 heavy (non-hydrogen) atoms. The Morgan fingerprint density at radius 3 is 2.42 bits per heavy atom. The summed E-state index contributed by atoms with van der Waals surface area (Å²) >= 11 is 4.77. The van der Waals surface area contributed by atoms with Gasteiger partial charge in [0.2, 0.25) is 10.0 Å². The second-order valence-electron chi connectivity index (χ2n) is 11.3. The maximum Gasteiger partial charge on any atom is 0.351 e. The molecule has 2 heterocycles. The molecule has 0 atom stereocenters. The lowest BCUT2D eigenvalue weighted by Gasteiger charge is -2.31. The van der Waals surface area contributed by atoms with Gasteiger partial charge in [-0.05, 0) is 78.7 Å². The first-order chi connectivity index (χ1) is 20.4. The molecule has 0 saturated carbocycles. The number of thiophene rings is 1. The predicted octanol–water partition coefficient (Wildman–Crippen LogP) is 6.34. The lowest BCUT2D eigenvalue weighted by atomic mass is 9.98. The van der Waals surface area contributed by atoms with Gasteiger partial charge in [-0.2, -0.15) is 0 Å². The SMILES string of the molecule is COC(=O)c1sc(-c2cccc(NCC3CCN(S(=O)(=O)Cc4ccccc4)CC3)c2)c(Br)c1OCC(=O)OC(C)(C)C. The van der Waals surface area contributed by atoms with Gasteiger partial charge in [0.1, 0.15) is 5.60 Å². The Hall–Kier alpha value is -2.93. The van der Waals surface area contributed by atoms with Gasteiger partial charge in [0, 0.05) is 25.3 Å². The summed E-state index contributed by atoms with van der Waals surface area (Å²) in [6.45, 7) is 6.67. The lowest BCUT2D eigenvalue weighted by Crippen LogP contribution is -2.40. The van der Waals surface area contributed by atoms with Crippen LogP contribution < -0.4 is 10.1 Å². The van der Waals surface area contributed by atoms with Crippen LogP contribution in [0.1, 0.15) is 48.8 Å². The number of benzene rings is 2. The van der Waals surface area contributed by atoms with Crippen LogP contribution in [0.5, 0.6) is 5.75 Å². The minimum atomic E-state index is -3.35. The van der Waals surface area contributed by atoms with Crippen molar-refractivity contribution in [1.29, 1.82) is 0 Å². The molecule has 232 valence electrons. The van der Waals surface area contributed by atoms with E-state index >= 15 is 0 Å². The molecule has 9 nitrogen and oxygen atoms in total. The number of methoxy groups -OCH3 is 1. The summed E-state index contributed by atoms with van der Waals surface area (Å²) in [6, 6.07) is 17.1. The van der Waals surface area contributed by atoms with Crippen molar-refractivity contribution >= 4 is 54.9 Å². The first kappa shape index (κ1) is 33.0. The summed E-state index contributed by atoms with van der Waals surface area (Å²) in [4.78, 5) is 25.8. The number of hydrogen-bond acceptors (Lipinski definition) is 9. The van der Waals surface area contributed by atoms with Crippen LogP contribution in [0.3, 0.4) is 0 Å². The van der Waals surface area contributed by atoms with Crippen LogP contribution in [0.2, 0.25) is 0 Å². The number of halogens is 1. The molecule has 0 aliphatic carbocycles. The summed E-state index contributed by atoms with van der Waals surface area (Å²) in [7, 11) is -2.06. The van der Waals surface area contributed by atoms with E-state index < -0.39 is 27.6 Å². The number of nitrogens with zero attached hydrogens (tertiary/aromatic N) is 1. The normalized spacial score (nSPS) is 14.7. The Morgan fingerprint density at radius 2 is 1.77 bits per heavy atom. The van der Waals surface area contributed by atoms with E-state index in [1.807, 2.05) is 54.6 Å². The van der Waals surface area contributed by atoms with E-state index in [9.17, 15) is 18.0 Å². The maximum absolute atomic E-state index is 12.9. The molecule has 0 amide bonds. The number of ether oxygens (including phenoxy) is 3. The van der Waals surface area contributed by atoms with E-state index in [2.05, 4.69) is 21.2 Å². The van der Waals surface area contributed by atoms with Crippen molar-refractivity contribution in [2.24, 2.45) is 5.92 Å². The van der Waals surface area contributed by atoms with Crippen molar-refractivity contribution in [1.82, 2.24) is 4.31 Å². The van der Waals surface area contributed by atoms with E-state index in [0.29, 0.717) is 30.0 Å². The molecule has 0 unspecified atom stereocenters. The number of hydrogen-bond donors (Lipinski definition) is 1. The third-order valence-electron chi connectivity index (χ3n) is 6.81. The number of carbonyl (C=O) groups excluding carboxylic acids is 2. The minimum absolute atomic E-state index is 0.0211. The Labute approximate surface area is 265 Å². The molecule has 2 aromatic carbocycles. The molecule has 1 saturated heterocycles. The number of carbonyl (C=O) groups is 2. The summed E-state index contributed by atoms with van der Waals surface area (Å²) in [5, 5.41) is 3.49. The molecular formula is C31H37BrN2O7S2. The summed E-state index contributed by atoms with van der Waals surface area (Å²) in [5.74, 6) is -0.534. The van der Waals surface area contributed by atoms with E-state index in [1.54, 1.807) is 25.1 Å². The van der Waals surface area contributed by atoms with Crippen molar-refractivity contribution < 1.29 is 32.2 Å². The summed E-state index contributed by atoms with van der Waals surface area (Å²) in [6.07, 6.45) is 1.55. The van der Waals surface area contributed by atoms with Crippen molar-refractivity contribution in [3.05, 3.63) is 69.5 Å². The molecule has 12 heteroatoms. The van der Waals surface area contributed by atoms with E-state index in [0.717, 1.165) is 34.5 Å². The van der Waals surface area contributed by atoms with Gasteiger partial charge in [0.15, 0.2) is 17.2 Å². The Morgan fingerprint density at radius 1 is 1.07 bits per heavy atom. The quantitative estimate of drug-likeness (QED) is 0.232. The average Bonchev–Trinajstić information content (AvgIpc) is 3.30. The zero-order valence-electron chi connectivity index (χ0n) is 24.7. The first-order valence-corrected chi connectivity index (χ1v) is 17.2. The lowest BCUT2D eigenvalue weighted by molar-refractivity contribution is -0.157. The molecule has 3 aromatic rings. The highest BCUT2D eigenvalue weighted by atomic mass is 79.9. The molecule has 0 radical (unpaired) electrons. The second kappa shape index (κ2) is 14.2. The molecule has 1 fully saturated rings. The fraction of sp³-hybridized carbons (Fsp3) is 0.419. The van der Waals surface area contributed by atoms with E-state index in [-0.39, 0.29) is 23.0 Å². The molecule has 0 bridgehead atoms. The minimum Gasteiger partial charge on any atom is -0.479 e. The molecule has 0 spiro atoms. The van der Waals surface area contributed by atoms with Crippen molar-refractivity contribution in [2.75, 3.05) is 38.7 Å². The van der Waals surface area contributed by atoms with Gasteiger partial charge in [-0.1, -0.05) is 42.5 Å². The van der Waals surface area contributed by atoms with Crippen LogP contribution >= 0.6 is 27.3 Å². The number of esters is 2. The summed E-state index contributed by atoms with van der Waals surface area (Å²) in [5.41, 5.74) is 1.88. The molecule has 1 aliphatic heterocycles. The molecule has 1 N–H and O–H groups in total. The highest BCUT2D eigenvalue weighted by molar-refractivity contribution is 9.10. The zero-order valence-corrected chi connectivity index (χ0v) is 27.9. The highest BCUT2D eigenvalue weighted by Crippen LogP contribution is 2.46. The molecule has 1 aromatic heterocycles. The topological polar surface area (TPSA) is 111 Å². The zero-order chi connectivity index (χ0) is 31.2. The average molecular weight is 694 g/mol. The van der Waals surface area contributed by atoms with Gasteiger partial charge in [-0.3, -0.25) is 0 Å². The largest absolute Gasteiger partial charge is 0.479 e. The standard InChI is InChI=1S/C31H37BrN2O7S2/c1-31(2,3)41-25(35)19-40-27-26(32)28(42-29(27)30(36)39-4)23-11-8-12-24(17-23)33-18-21-13-15-34(16-14-21)43(37,38)20-22-9-6-5-7-10-22/h5-12,17,21,33H,13-16,18-20H2,1-4H3. The predicted molar refractivity (Wildman–Crippen MR) is 172 cm³/mol. The molecule has 1 aliphatic rings. The molecular weight excluding hydrogens is 656 g/mol. The number of rotatable bonds is 11. The van der Waals surface area contributed by atoms with Crippen molar-refractivity contribution in [3.63, 3.8) is 0 Å². The third kappa shape index (κ3) is 9.04. The van der Waals surface area contributed by atoms with Gasteiger partial charge >= 0.3 is 11.9 Å². The molecule has 4 rings (SSSR count). The number of sulfonamides is 1. The summed E-state index contributed by atoms with van der Waals surface area (Å²) < 4.78 is 44.0. The van der Waals surface area contributed by atoms with Crippen molar-refractivity contribution in [3.8, 4) is 16.2 Å². The van der Waals surface area contributed by atoms with Gasteiger partial charge in [-0.25, -0.2) is 22.3 Å². The van der Waals surface area contributed by atoms with E-state index in [4.69, 9.17) is 14.2 Å². The smallest absolute Gasteiger partial charge is 0.351 e. The van der Waals surface area contributed by atoms with Crippen LogP contribution in [0.15, 0.2) is 59.1 Å². The number of piperidine rings is 1. The van der Waals surface area contributed by atoms with Crippen LogP contribution in [0.25, 0.3) is 10.4 Å². The van der Waals surface area contributed by atoms with Crippen LogP contribution in [0, 0.1) is 5.92 Å². The van der Waals surface area contributed by atoms with Crippen LogP contribution in [-0.2, 0) is 30.0 Å². The van der Waals surface area contributed by atoms with Crippen LogP contribution in [-0.4, -0.2) is 63.6 Å². The van der Waals surface area contributed by atoms with Crippen LogP contribution in [0.4, 0.5) is 5.69 Å². The fourth-order valence-electron chi connectivity index (χ4n) is 4.74. The number of nitrogens with one attached hydrogen (secondary N) is 1. The van der Waals surface area contributed by atoms with Gasteiger partial charge in [-0.15, -0.1) is 11.3 Å². The van der Waals surface area contributed by atoms with E-state index in [1.165, 1.54) is 18.4 Å². The Balaban J connectivity index is 1.39. The second-order valence-corrected chi connectivity index (χ2v) is 15.1. The number of anilines is 1. The first-order valence-electron chi connectivity index (χ1n) is 14.0. The van der Waals surface area contributed by atoms with Crippen molar-refractivity contribution in [2.45, 2.75) is 45.0 Å². The van der Waals surface area contributed by atoms with Gasteiger partial charge in [0.05, 0.1) is 22.2 Å². The Kier molecular flexibility index (Phi) is 10.9. The van der Waals surface area contributed by atoms with Gasteiger partial charge in [0.25, 0.3) is 0 Å². The van der Waals surface area contributed by atoms with Gasteiger partial charge < -0.3 is 19.5 Å². The Bertz CT molecular complexity index is 1530. The monoisotopic (exact) mass is 692 g/mol.